The Balaban J connectivity index is 1.55. The van der Waals surface area contributed by atoms with Gasteiger partial charge < -0.3 is 14.8 Å². The molecule has 2 heterocycles. The van der Waals surface area contributed by atoms with Crippen LogP contribution >= 0.6 is 0 Å². The van der Waals surface area contributed by atoms with Gasteiger partial charge in [0, 0.05) is 25.0 Å². The van der Waals surface area contributed by atoms with Crippen LogP contribution in [0.1, 0.15) is 18.5 Å². The van der Waals surface area contributed by atoms with Crippen molar-refractivity contribution in [2.75, 3.05) is 13.2 Å². The maximum Gasteiger partial charge on any atom is 0.161 e. The predicted octanol–water partition coefficient (Wildman–Crippen LogP) is 2.57. The van der Waals surface area contributed by atoms with E-state index in [2.05, 4.69) is 17.2 Å². The lowest BCUT2D eigenvalue weighted by atomic mass is 10.1. The molecule has 1 aromatic heterocycles. The topological polar surface area (TPSA) is 43.4 Å². The molecule has 4 nitrogen and oxygen atoms in total. The first-order valence-corrected chi connectivity index (χ1v) is 6.85. The smallest absolute Gasteiger partial charge is 0.161 e. The van der Waals surface area contributed by atoms with Crippen LogP contribution in [0.3, 0.4) is 0 Å². The number of nitrogens with one attached hydrogen (secondary N) is 1. The molecule has 0 fully saturated rings. The van der Waals surface area contributed by atoms with Gasteiger partial charge in [0.15, 0.2) is 11.5 Å². The molecule has 1 aliphatic heterocycles. The van der Waals surface area contributed by atoms with Crippen molar-refractivity contribution in [3.8, 4) is 11.5 Å². The van der Waals surface area contributed by atoms with E-state index in [1.54, 1.807) is 0 Å². The number of para-hydroxylation sites is 2. The second kappa shape index (κ2) is 5.92. The van der Waals surface area contributed by atoms with Crippen molar-refractivity contribution < 1.29 is 9.47 Å². The number of ether oxygens (including phenoxy) is 2. The molecule has 0 unspecified atom stereocenters. The van der Waals surface area contributed by atoms with Gasteiger partial charge >= 0.3 is 0 Å². The van der Waals surface area contributed by atoms with E-state index in [1.807, 2.05) is 48.8 Å². The van der Waals surface area contributed by atoms with Gasteiger partial charge in [-0.2, -0.15) is 0 Å². The summed E-state index contributed by atoms with van der Waals surface area (Å²) in [4.78, 5) is 4.03. The number of hydrogen-bond donors (Lipinski definition) is 1. The highest BCUT2D eigenvalue weighted by molar-refractivity contribution is 5.40. The summed E-state index contributed by atoms with van der Waals surface area (Å²) in [5.74, 6) is 1.65. The van der Waals surface area contributed by atoms with Gasteiger partial charge in [0.05, 0.1) is 0 Å². The third-order valence-corrected chi connectivity index (χ3v) is 3.43. The van der Waals surface area contributed by atoms with Gasteiger partial charge in [0.2, 0.25) is 0 Å². The Morgan fingerprint density at radius 3 is 2.75 bits per heavy atom. The molecule has 20 heavy (non-hydrogen) atoms. The van der Waals surface area contributed by atoms with Crippen molar-refractivity contribution in [1.82, 2.24) is 10.3 Å². The number of fused-ring (bicyclic) bond motifs is 1. The highest BCUT2D eigenvalue weighted by Crippen LogP contribution is 2.30. The second-order valence-corrected chi connectivity index (χ2v) is 4.91. The number of hydrogen-bond acceptors (Lipinski definition) is 4. The van der Waals surface area contributed by atoms with Gasteiger partial charge in [-0.1, -0.05) is 12.1 Å². The summed E-state index contributed by atoms with van der Waals surface area (Å²) in [6.07, 6.45) is 3.66. The highest BCUT2D eigenvalue weighted by atomic mass is 16.6. The Morgan fingerprint density at radius 2 is 1.95 bits per heavy atom. The van der Waals surface area contributed by atoms with Gasteiger partial charge in [0.25, 0.3) is 0 Å². The minimum atomic E-state index is 0.0363. The van der Waals surface area contributed by atoms with Crippen LogP contribution in [0.5, 0.6) is 11.5 Å². The van der Waals surface area contributed by atoms with Crippen molar-refractivity contribution >= 4 is 0 Å². The summed E-state index contributed by atoms with van der Waals surface area (Å²) in [6.45, 7) is 3.46. The number of pyridine rings is 1. The van der Waals surface area contributed by atoms with Gasteiger partial charge in [-0.25, -0.2) is 0 Å². The molecule has 0 bridgehead atoms. The molecular weight excluding hydrogens is 252 g/mol. The average Bonchev–Trinajstić information content (AvgIpc) is 2.53. The first-order valence-electron chi connectivity index (χ1n) is 6.85. The predicted molar refractivity (Wildman–Crippen MR) is 77.0 cm³/mol. The maximum atomic E-state index is 5.92. The van der Waals surface area contributed by atoms with Crippen LogP contribution in [-0.2, 0) is 0 Å². The summed E-state index contributed by atoms with van der Waals surface area (Å²) in [7, 11) is 0. The SMILES string of the molecule is C[C@@H](NC[C@H]1COc2ccccc2O1)c1ccncc1. The molecule has 0 saturated carbocycles. The largest absolute Gasteiger partial charge is 0.486 e. The van der Waals surface area contributed by atoms with Crippen LogP contribution in [0.4, 0.5) is 0 Å². The molecule has 1 N–H and O–H groups in total. The van der Waals surface area contributed by atoms with Gasteiger partial charge in [-0.05, 0) is 36.8 Å². The Hall–Kier alpha value is -2.07. The fraction of sp³-hybridized carbons (Fsp3) is 0.312. The molecule has 4 heteroatoms. The van der Waals surface area contributed by atoms with E-state index in [0.29, 0.717) is 6.61 Å². The Bertz CT molecular complexity index is 559. The summed E-state index contributed by atoms with van der Waals surface area (Å²) < 4.78 is 11.6. The summed E-state index contributed by atoms with van der Waals surface area (Å²) in [6, 6.07) is 12.1. The lowest BCUT2D eigenvalue weighted by Gasteiger charge is -2.27. The minimum Gasteiger partial charge on any atom is -0.486 e. The standard InChI is InChI=1S/C16H18N2O2/c1-12(13-6-8-17-9-7-13)18-10-14-11-19-15-4-2-3-5-16(15)20-14/h2-9,12,14,18H,10-11H2,1H3/t12-,14+/m1/s1. The fourth-order valence-corrected chi connectivity index (χ4v) is 2.24. The first kappa shape index (κ1) is 12.9. The number of nitrogens with zero attached hydrogens (tertiary/aromatic N) is 1. The van der Waals surface area contributed by atoms with Crippen molar-refractivity contribution in [3.63, 3.8) is 0 Å². The lowest BCUT2D eigenvalue weighted by Crippen LogP contribution is -2.39. The molecule has 0 aliphatic carbocycles. The zero-order valence-corrected chi connectivity index (χ0v) is 11.5. The minimum absolute atomic E-state index is 0.0363. The zero-order valence-electron chi connectivity index (χ0n) is 11.5. The monoisotopic (exact) mass is 270 g/mol. The first-order chi connectivity index (χ1) is 9.83. The van der Waals surface area contributed by atoms with Crippen molar-refractivity contribution in [2.24, 2.45) is 0 Å². The molecule has 2 atom stereocenters. The van der Waals surface area contributed by atoms with Crippen LogP contribution in [0.2, 0.25) is 0 Å². The van der Waals surface area contributed by atoms with E-state index >= 15 is 0 Å². The molecule has 0 radical (unpaired) electrons. The zero-order chi connectivity index (χ0) is 13.8. The molecule has 1 aromatic carbocycles. The van der Waals surface area contributed by atoms with Crippen LogP contribution < -0.4 is 14.8 Å². The number of aromatic nitrogens is 1. The third-order valence-electron chi connectivity index (χ3n) is 3.43. The fourth-order valence-electron chi connectivity index (χ4n) is 2.24. The van der Waals surface area contributed by atoms with E-state index in [0.717, 1.165) is 18.0 Å². The maximum absolute atomic E-state index is 5.92. The lowest BCUT2D eigenvalue weighted by molar-refractivity contribution is 0.0886. The number of benzene rings is 1. The molecule has 1 aliphatic rings. The van der Waals surface area contributed by atoms with Gasteiger partial charge in [-0.3, -0.25) is 4.98 Å². The van der Waals surface area contributed by atoms with Crippen LogP contribution in [0.25, 0.3) is 0 Å². The second-order valence-electron chi connectivity index (χ2n) is 4.91. The van der Waals surface area contributed by atoms with Crippen LogP contribution in [-0.4, -0.2) is 24.2 Å². The van der Waals surface area contributed by atoms with Gasteiger partial charge in [0.1, 0.15) is 12.7 Å². The Labute approximate surface area is 118 Å². The Kier molecular flexibility index (Phi) is 3.83. The quantitative estimate of drug-likeness (QED) is 0.927. The highest BCUT2D eigenvalue weighted by Gasteiger charge is 2.20. The molecule has 2 aromatic rings. The normalized spacial score (nSPS) is 18.6. The summed E-state index contributed by atoms with van der Waals surface area (Å²) in [5.41, 5.74) is 1.22. The van der Waals surface area contributed by atoms with E-state index in [9.17, 15) is 0 Å². The van der Waals surface area contributed by atoms with E-state index in [1.165, 1.54) is 5.56 Å². The van der Waals surface area contributed by atoms with Crippen molar-refractivity contribution in [1.29, 1.82) is 0 Å². The molecule has 104 valence electrons. The Morgan fingerprint density at radius 1 is 1.20 bits per heavy atom. The van der Waals surface area contributed by atoms with E-state index < -0.39 is 0 Å². The van der Waals surface area contributed by atoms with Crippen LogP contribution in [0.15, 0.2) is 48.8 Å². The van der Waals surface area contributed by atoms with Crippen molar-refractivity contribution in [3.05, 3.63) is 54.4 Å². The summed E-state index contributed by atoms with van der Waals surface area (Å²) >= 11 is 0. The molecule has 0 saturated heterocycles. The summed E-state index contributed by atoms with van der Waals surface area (Å²) in [5, 5.41) is 3.47. The van der Waals surface area contributed by atoms with E-state index in [4.69, 9.17) is 9.47 Å². The number of rotatable bonds is 4. The third kappa shape index (κ3) is 2.91. The van der Waals surface area contributed by atoms with Crippen LogP contribution in [0, 0.1) is 0 Å². The molecule has 0 amide bonds. The average molecular weight is 270 g/mol. The molecular formula is C16H18N2O2. The molecule has 0 spiro atoms. The van der Waals surface area contributed by atoms with E-state index in [-0.39, 0.29) is 12.1 Å². The van der Waals surface area contributed by atoms with Gasteiger partial charge in [-0.15, -0.1) is 0 Å². The van der Waals surface area contributed by atoms with Crippen molar-refractivity contribution in [2.45, 2.75) is 19.1 Å². The molecule has 3 rings (SSSR count).